The van der Waals surface area contributed by atoms with Gasteiger partial charge in [0.25, 0.3) is 5.56 Å². The molecule has 1 atom stereocenters. The maximum atomic E-state index is 14.3. The lowest BCUT2D eigenvalue weighted by Gasteiger charge is -2.40. The summed E-state index contributed by atoms with van der Waals surface area (Å²) in [5, 5.41) is 0.333. The van der Waals surface area contributed by atoms with Crippen LogP contribution in [0.25, 0.3) is 21.0 Å². The Labute approximate surface area is 239 Å². The monoisotopic (exact) mass is 580 g/mol. The smallest absolute Gasteiger partial charge is 0.333 e. The summed E-state index contributed by atoms with van der Waals surface area (Å²) in [6, 6.07) is 7.53. The number of carbonyl (C=O) groups is 1. The molecule has 4 aromatic rings. The first-order valence-electron chi connectivity index (χ1n) is 13.7. The lowest BCUT2D eigenvalue weighted by molar-refractivity contribution is -0.131. The molecule has 2 fully saturated rings. The molecule has 6 rings (SSSR count). The van der Waals surface area contributed by atoms with Crippen molar-refractivity contribution in [2.75, 3.05) is 20.3 Å². The van der Waals surface area contributed by atoms with Gasteiger partial charge in [0.1, 0.15) is 28.5 Å². The molecular weight excluding hydrogens is 548 g/mol. The Morgan fingerprint density at radius 3 is 2.63 bits per heavy atom. The fraction of sp³-hybridized carbons (Fsp3) is 0.448. The Balaban J connectivity index is 1.58. The minimum absolute atomic E-state index is 0.0765. The van der Waals surface area contributed by atoms with E-state index in [2.05, 4.69) is 4.98 Å². The molecule has 4 heterocycles. The van der Waals surface area contributed by atoms with Gasteiger partial charge in [0.2, 0.25) is 11.8 Å². The second-order valence-corrected chi connectivity index (χ2v) is 11.5. The van der Waals surface area contributed by atoms with Crippen molar-refractivity contribution in [2.24, 2.45) is 5.73 Å². The first-order chi connectivity index (χ1) is 19.9. The zero-order chi connectivity index (χ0) is 28.7. The number of benzene rings is 1. The zero-order valence-electron chi connectivity index (χ0n) is 23.0. The number of amides is 1. The third kappa shape index (κ3) is 4.59. The minimum Gasteiger partial charge on any atom is -0.496 e. The van der Waals surface area contributed by atoms with Crippen LogP contribution >= 0.6 is 11.3 Å². The second kappa shape index (κ2) is 10.9. The van der Waals surface area contributed by atoms with E-state index in [0.29, 0.717) is 77.6 Å². The first kappa shape index (κ1) is 27.4. The van der Waals surface area contributed by atoms with E-state index < -0.39 is 28.8 Å². The SMILES string of the molecule is COc1ccccc1C(Cn1c(=O)n(C2(C(N)=O)CCC2)c(=O)c2c(C)c(-c3ncco3)sc21)OC1CCOCC1. The van der Waals surface area contributed by atoms with E-state index in [1.807, 2.05) is 24.3 Å². The maximum absolute atomic E-state index is 14.3. The van der Waals surface area contributed by atoms with Gasteiger partial charge in [-0.1, -0.05) is 18.2 Å². The van der Waals surface area contributed by atoms with Gasteiger partial charge in [0.15, 0.2) is 0 Å². The third-order valence-corrected chi connectivity index (χ3v) is 9.57. The molecule has 1 saturated heterocycles. The molecular formula is C29H32N4O7S. The largest absolute Gasteiger partial charge is 0.496 e. The van der Waals surface area contributed by atoms with Crippen LogP contribution in [-0.2, 0) is 26.4 Å². The average molecular weight is 581 g/mol. The van der Waals surface area contributed by atoms with Crippen LogP contribution in [0.1, 0.15) is 49.3 Å². The van der Waals surface area contributed by atoms with Crippen LogP contribution in [0.4, 0.5) is 0 Å². The van der Waals surface area contributed by atoms with Gasteiger partial charge >= 0.3 is 5.69 Å². The van der Waals surface area contributed by atoms with Crippen LogP contribution in [0, 0.1) is 6.92 Å². The number of aromatic nitrogens is 3. The van der Waals surface area contributed by atoms with Gasteiger partial charge in [0, 0.05) is 18.8 Å². The van der Waals surface area contributed by atoms with Gasteiger partial charge < -0.3 is 24.4 Å². The van der Waals surface area contributed by atoms with Crippen LogP contribution in [0.15, 0.2) is 50.7 Å². The van der Waals surface area contributed by atoms with Crippen LogP contribution in [0.2, 0.25) is 0 Å². The predicted octanol–water partition coefficient (Wildman–Crippen LogP) is 3.50. The number of nitrogens with zero attached hydrogens (tertiary/aromatic N) is 3. The lowest BCUT2D eigenvalue weighted by Crippen LogP contribution is -2.61. The Morgan fingerprint density at radius 1 is 1.24 bits per heavy atom. The van der Waals surface area contributed by atoms with Crippen molar-refractivity contribution in [1.82, 2.24) is 14.1 Å². The summed E-state index contributed by atoms with van der Waals surface area (Å²) < 4.78 is 26.0. The second-order valence-electron chi connectivity index (χ2n) is 10.5. The van der Waals surface area contributed by atoms with Gasteiger partial charge in [-0.05, 0) is 50.7 Å². The number of oxazole rings is 1. The Kier molecular flexibility index (Phi) is 7.30. The highest BCUT2D eigenvalue weighted by atomic mass is 32.1. The molecule has 0 radical (unpaired) electrons. The highest BCUT2D eigenvalue weighted by Gasteiger charge is 2.47. The summed E-state index contributed by atoms with van der Waals surface area (Å²) in [4.78, 5) is 46.5. The Bertz CT molecular complexity index is 1690. The molecule has 0 spiro atoms. The molecule has 3 aromatic heterocycles. The quantitative estimate of drug-likeness (QED) is 0.317. The summed E-state index contributed by atoms with van der Waals surface area (Å²) in [6.07, 6.45) is 5.07. The molecule has 1 aliphatic heterocycles. The molecule has 2 N–H and O–H groups in total. The molecule has 1 aromatic carbocycles. The van der Waals surface area contributed by atoms with Crippen molar-refractivity contribution in [1.29, 1.82) is 0 Å². The van der Waals surface area contributed by atoms with Gasteiger partial charge in [-0.15, -0.1) is 11.3 Å². The van der Waals surface area contributed by atoms with E-state index in [4.69, 9.17) is 24.4 Å². The number of hydrogen-bond acceptors (Lipinski definition) is 9. The van der Waals surface area contributed by atoms with E-state index in [1.54, 1.807) is 18.6 Å². The number of thiophene rings is 1. The summed E-state index contributed by atoms with van der Waals surface area (Å²) in [7, 11) is 1.59. The molecule has 1 aliphatic carbocycles. The standard InChI is InChI=1S/C29H32N4O7S/c1-17-22-25(34)33(29(27(30)35)10-5-11-29)28(36)32(26(22)41-23(17)24-31-12-15-39-24)16-21(40-18-8-13-38-14-9-18)19-6-3-4-7-20(19)37-2/h3-4,6-7,12,15,18,21H,5,8-11,13-14,16H2,1-2H3,(H2,30,35). The van der Waals surface area contributed by atoms with Gasteiger partial charge in [-0.3, -0.25) is 14.2 Å². The molecule has 216 valence electrons. The third-order valence-electron chi connectivity index (χ3n) is 8.27. The van der Waals surface area contributed by atoms with E-state index in [1.165, 1.54) is 23.8 Å². The van der Waals surface area contributed by atoms with Crippen molar-refractivity contribution in [3.05, 3.63) is 68.7 Å². The molecule has 1 saturated carbocycles. The molecule has 1 amide bonds. The summed E-state index contributed by atoms with van der Waals surface area (Å²) in [5.41, 5.74) is 4.74. The number of para-hydroxylation sites is 1. The van der Waals surface area contributed by atoms with Crippen LogP contribution in [0.3, 0.4) is 0 Å². The van der Waals surface area contributed by atoms with Crippen molar-refractivity contribution < 1.29 is 23.4 Å². The number of hydrogen-bond donors (Lipinski definition) is 1. The minimum atomic E-state index is -1.37. The molecule has 2 aliphatic rings. The Hall–Kier alpha value is -3.74. The number of carbonyl (C=O) groups excluding carboxylic acids is 1. The average Bonchev–Trinajstić information content (AvgIpc) is 3.60. The molecule has 41 heavy (non-hydrogen) atoms. The fourth-order valence-electron chi connectivity index (χ4n) is 5.87. The number of fused-ring (bicyclic) bond motifs is 1. The molecule has 11 nitrogen and oxygen atoms in total. The zero-order valence-corrected chi connectivity index (χ0v) is 23.8. The van der Waals surface area contributed by atoms with Crippen molar-refractivity contribution >= 4 is 27.5 Å². The number of aryl methyl sites for hydroxylation is 1. The van der Waals surface area contributed by atoms with Crippen molar-refractivity contribution in [2.45, 2.75) is 63.3 Å². The van der Waals surface area contributed by atoms with Crippen molar-refractivity contribution in [3.63, 3.8) is 0 Å². The van der Waals surface area contributed by atoms with E-state index >= 15 is 0 Å². The summed E-state index contributed by atoms with van der Waals surface area (Å²) in [5.74, 6) is 0.286. The number of ether oxygens (including phenoxy) is 3. The highest BCUT2D eigenvalue weighted by Crippen LogP contribution is 2.40. The first-order valence-corrected chi connectivity index (χ1v) is 14.5. The van der Waals surface area contributed by atoms with Gasteiger partial charge in [-0.2, -0.15) is 0 Å². The van der Waals surface area contributed by atoms with Gasteiger partial charge in [0.05, 0.1) is 36.2 Å². The number of nitrogens with two attached hydrogens (primary N) is 1. The number of primary amides is 1. The normalized spacial score (nSPS) is 17.8. The van der Waals surface area contributed by atoms with E-state index in [0.717, 1.165) is 10.1 Å². The molecule has 12 heteroatoms. The lowest BCUT2D eigenvalue weighted by atomic mass is 9.75. The number of rotatable bonds is 9. The van der Waals surface area contributed by atoms with E-state index in [9.17, 15) is 14.4 Å². The highest BCUT2D eigenvalue weighted by molar-refractivity contribution is 7.22. The van der Waals surface area contributed by atoms with Crippen LogP contribution in [-0.4, -0.2) is 46.5 Å². The fourth-order valence-corrected chi connectivity index (χ4v) is 7.12. The molecule has 1 unspecified atom stereocenters. The number of methoxy groups -OCH3 is 1. The van der Waals surface area contributed by atoms with E-state index in [-0.39, 0.29) is 12.6 Å². The maximum Gasteiger partial charge on any atom is 0.333 e. The Morgan fingerprint density at radius 2 is 2.00 bits per heavy atom. The summed E-state index contributed by atoms with van der Waals surface area (Å²) in [6.45, 7) is 3.05. The van der Waals surface area contributed by atoms with Gasteiger partial charge in [-0.25, -0.2) is 14.3 Å². The predicted molar refractivity (Wildman–Crippen MR) is 152 cm³/mol. The summed E-state index contributed by atoms with van der Waals surface area (Å²) >= 11 is 1.25. The molecule has 0 bridgehead atoms. The topological polar surface area (TPSA) is 141 Å². The van der Waals surface area contributed by atoms with Crippen molar-refractivity contribution in [3.8, 4) is 16.5 Å². The van der Waals surface area contributed by atoms with Crippen LogP contribution in [0.5, 0.6) is 5.75 Å². The van der Waals surface area contributed by atoms with Crippen LogP contribution < -0.4 is 21.7 Å².